The van der Waals surface area contributed by atoms with E-state index in [0.717, 1.165) is 37.7 Å². The minimum atomic E-state index is -1.16. The molecule has 0 aromatic rings. The Morgan fingerprint density at radius 1 is 1.23 bits per heavy atom. The molecule has 3 aliphatic rings. The van der Waals surface area contributed by atoms with Gasteiger partial charge in [0, 0.05) is 19.1 Å². The monoisotopic (exact) mass is 546 g/mol. The lowest BCUT2D eigenvalue weighted by Gasteiger charge is -2.31. The lowest BCUT2D eigenvalue weighted by molar-refractivity contribution is -0.150. The molecule has 3 rings (SSSR count). The third kappa shape index (κ3) is 10.8. The van der Waals surface area contributed by atoms with Gasteiger partial charge in [0.05, 0.1) is 43.7 Å². The van der Waals surface area contributed by atoms with Crippen LogP contribution in [0.3, 0.4) is 0 Å². The number of rotatable bonds is 5. The SMILES string of the molecule is C=C1CCCC2CC=CC(CC=CC(=O)OC(C(O)C=CC3CC(C)=CCO3)CC(COC)C(O)C(O)C1)O2. The second kappa shape index (κ2) is 16.3. The fourth-order valence-corrected chi connectivity index (χ4v) is 5.28. The van der Waals surface area contributed by atoms with Crippen LogP contribution >= 0.6 is 0 Å². The number of methoxy groups -OCH3 is 1. The number of esters is 1. The summed E-state index contributed by atoms with van der Waals surface area (Å²) in [4.78, 5) is 12.8. The van der Waals surface area contributed by atoms with E-state index in [-0.39, 0.29) is 37.8 Å². The highest BCUT2D eigenvalue weighted by Crippen LogP contribution is 2.26. The number of carbonyl (C=O) groups excluding carboxylic acids is 1. The summed E-state index contributed by atoms with van der Waals surface area (Å²) in [6, 6.07) is 0. The molecule has 0 aliphatic carbocycles. The smallest absolute Gasteiger partial charge is 0.330 e. The molecule has 3 N–H and O–H groups in total. The second-order valence-corrected chi connectivity index (χ2v) is 10.9. The van der Waals surface area contributed by atoms with E-state index in [4.69, 9.17) is 18.9 Å². The molecule has 0 saturated heterocycles. The number of aliphatic hydroxyl groups is 3. The lowest BCUT2D eigenvalue weighted by atomic mass is 9.88. The first kappa shape index (κ1) is 31.5. The van der Waals surface area contributed by atoms with Gasteiger partial charge in [0.15, 0.2) is 0 Å². The average Bonchev–Trinajstić information content (AvgIpc) is 2.90. The Kier molecular flexibility index (Phi) is 13.1. The number of hydrogen-bond donors (Lipinski definition) is 3. The van der Waals surface area contributed by atoms with Crippen LogP contribution in [0.5, 0.6) is 0 Å². The fraction of sp³-hybridized carbons (Fsp3) is 0.645. The summed E-state index contributed by atoms with van der Waals surface area (Å²) in [6.45, 7) is 6.76. The van der Waals surface area contributed by atoms with Gasteiger partial charge in [-0.15, -0.1) is 0 Å². The number of cyclic esters (lactones) is 1. The Hall–Kier alpha value is -2.07. The van der Waals surface area contributed by atoms with Crippen LogP contribution in [0.1, 0.15) is 58.3 Å². The zero-order valence-electron chi connectivity index (χ0n) is 23.3. The minimum Gasteiger partial charge on any atom is -0.456 e. The third-order valence-corrected chi connectivity index (χ3v) is 7.52. The summed E-state index contributed by atoms with van der Waals surface area (Å²) in [5.74, 6) is -1.19. The maximum atomic E-state index is 12.8. The van der Waals surface area contributed by atoms with E-state index in [1.54, 1.807) is 18.2 Å². The van der Waals surface area contributed by atoms with Gasteiger partial charge in [0.1, 0.15) is 12.2 Å². The summed E-state index contributed by atoms with van der Waals surface area (Å²) >= 11 is 0. The predicted molar refractivity (Wildman–Crippen MR) is 149 cm³/mol. The molecule has 0 radical (unpaired) electrons. The largest absolute Gasteiger partial charge is 0.456 e. The number of hydrogen-bond acceptors (Lipinski definition) is 8. The van der Waals surface area contributed by atoms with Crippen molar-refractivity contribution in [1.29, 1.82) is 0 Å². The number of aliphatic hydroxyl groups excluding tert-OH is 3. The summed E-state index contributed by atoms with van der Waals surface area (Å²) in [5, 5.41) is 32.9. The van der Waals surface area contributed by atoms with Crippen LogP contribution in [-0.4, -0.2) is 84.3 Å². The summed E-state index contributed by atoms with van der Waals surface area (Å²) < 4.78 is 22.9. The topological polar surface area (TPSA) is 115 Å². The van der Waals surface area contributed by atoms with Gasteiger partial charge in [-0.2, -0.15) is 0 Å². The van der Waals surface area contributed by atoms with Crippen LogP contribution < -0.4 is 0 Å². The van der Waals surface area contributed by atoms with Crippen LogP contribution in [-0.2, 0) is 23.7 Å². The van der Waals surface area contributed by atoms with Crippen LogP contribution in [0.2, 0.25) is 0 Å². The minimum absolute atomic E-state index is 0.0875. The highest BCUT2D eigenvalue weighted by molar-refractivity contribution is 5.82. The van der Waals surface area contributed by atoms with Crippen molar-refractivity contribution in [1.82, 2.24) is 0 Å². The van der Waals surface area contributed by atoms with Crippen LogP contribution in [0.25, 0.3) is 0 Å². The van der Waals surface area contributed by atoms with Crippen molar-refractivity contribution in [2.75, 3.05) is 20.3 Å². The zero-order valence-corrected chi connectivity index (χ0v) is 23.3. The molecule has 0 spiro atoms. The lowest BCUT2D eigenvalue weighted by Crippen LogP contribution is -2.41. The Morgan fingerprint density at radius 2 is 2.05 bits per heavy atom. The van der Waals surface area contributed by atoms with Crippen molar-refractivity contribution in [2.24, 2.45) is 5.92 Å². The highest BCUT2D eigenvalue weighted by Gasteiger charge is 2.33. The van der Waals surface area contributed by atoms with Crippen LogP contribution in [0.15, 0.2) is 60.3 Å². The Labute approximate surface area is 232 Å². The first-order chi connectivity index (χ1) is 18.7. The van der Waals surface area contributed by atoms with E-state index in [1.807, 2.05) is 19.1 Å². The molecule has 3 heterocycles. The summed E-state index contributed by atoms with van der Waals surface area (Å²) in [5.41, 5.74) is 2.06. The van der Waals surface area contributed by atoms with E-state index >= 15 is 0 Å². The van der Waals surface area contributed by atoms with Crippen LogP contribution in [0.4, 0.5) is 0 Å². The second-order valence-electron chi connectivity index (χ2n) is 10.9. The van der Waals surface area contributed by atoms with E-state index in [9.17, 15) is 20.1 Å². The third-order valence-electron chi connectivity index (χ3n) is 7.52. The molecule has 0 saturated carbocycles. The molecule has 39 heavy (non-hydrogen) atoms. The molecule has 8 heteroatoms. The molecule has 0 amide bonds. The molecule has 0 aromatic carbocycles. The molecule has 8 unspecified atom stereocenters. The number of ether oxygens (including phenoxy) is 4. The predicted octanol–water partition coefficient (Wildman–Crippen LogP) is 3.72. The summed E-state index contributed by atoms with van der Waals surface area (Å²) in [7, 11) is 1.51. The van der Waals surface area contributed by atoms with Gasteiger partial charge in [-0.3, -0.25) is 0 Å². The van der Waals surface area contributed by atoms with Crippen molar-refractivity contribution < 1.29 is 39.1 Å². The van der Waals surface area contributed by atoms with E-state index < -0.39 is 36.3 Å². The van der Waals surface area contributed by atoms with Gasteiger partial charge >= 0.3 is 5.97 Å². The molecular weight excluding hydrogens is 500 g/mol. The van der Waals surface area contributed by atoms with Gasteiger partial charge in [-0.25, -0.2) is 4.79 Å². The molecule has 0 fully saturated rings. The highest BCUT2D eigenvalue weighted by atomic mass is 16.6. The number of fused-ring (bicyclic) bond motifs is 2. The normalized spacial score (nSPS) is 34.7. The van der Waals surface area contributed by atoms with Gasteiger partial charge in [0.25, 0.3) is 0 Å². The average molecular weight is 547 g/mol. The first-order valence-corrected chi connectivity index (χ1v) is 14.1. The van der Waals surface area contributed by atoms with Crippen LogP contribution in [0, 0.1) is 5.92 Å². The molecule has 218 valence electrons. The van der Waals surface area contributed by atoms with Gasteiger partial charge < -0.3 is 34.3 Å². The van der Waals surface area contributed by atoms with Gasteiger partial charge in [-0.05, 0) is 58.3 Å². The van der Waals surface area contributed by atoms with E-state index in [1.165, 1.54) is 18.8 Å². The quantitative estimate of drug-likeness (QED) is 0.353. The maximum Gasteiger partial charge on any atom is 0.330 e. The Balaban J connectivity index is 1.79. The molecular formula is C31H46O8. The van der Waals surface area contributed by atoms with Crippen molar-refractivity contribution in [3.63, 3.8) is 0 Å². The van der Waals surface area contributed by atoms with E-state index in [2.05, 4.69) is 12.7 Å². The van der Waals surface area contributed by atoms with Crippen molar-refractivity contribution >= 4 is 5.97 Å². The zero-order chi connectivity index (χ0) is 28.2. The van der Waals surface area contributed by atoms with Crippen molar-refractivity contribution in [3.8, 4) is 0 Å². The Morgan fingerprint density at radius 3 is 2.82 bits per heavy atom. The first-order valence-electron chi connectivity index (χ1n) is 14.1. The molecule has 2 bridgehead atoms. The summed E-state index contributed by atoms with van der Waals surface area (Å²) in [6.07, 6.45) is 12.9. The standard InChI is InChI=1S/C31H46O8/c1-21-7-4-8-24-9-5-10-25(38-24)11-6-12-30(34)39-29(19-23(20-36-3)31(35)28(33)18-21)27(32)14-13-26-17-22(2)15-16-37-26/h5-6,10,12-15,23-29,31-33,35H,1,4,7-9,11,16-20H2,2-3H3. The van der Waals surface area contributed by atoms with Gasteiger partial charge in [-0.1, -0.05) is 54.2 Å². The van der Waals surface area contributed by atoms with Gasteiger partial charge in [0.2, 0.25) is 0 Å². The Bertz CT molecular complexity index is 906. The van der Waals surface area contributed by atoms with Crippen molar-refractivity contribution in [2.45, 2.75) is 101 Å². The molecule has 0 aromatic heterocycles. The fourth-order valence-electron chi connectivity index (χ4n) is 5.28. The molecule has 8 atom stereocenters. The number of carbonyl (C=O) groups is 1. The van der Waals surface area contributed by atoms with Crippen molar-refractivity contribution in [3.05, 3.63) is 60.3 Å². The maximum absolute atomic E-state index is 12.8. The van der Waals surface area contributed by atoms with E-state index in [0.29, 0.717) is 13.0 Å². The molecule has 3 aliphatic heterocycles. The molecule has 8 nitrogen and oxygen atoms in total.